The van der Waals surface area contributed by atoms with E-state index in [2.05, 4.69) is 22.3 Å². The molecule has 1 aromatic heterocycles. The summed E-state index contributed by atoms with van der Waals surface area (Å²) in [5.74, 6) is -4.55. The zero-order valence-corrected chi connectivity index (χ0v) is 23.5. The summed E-state index contributed by atoms with van der Waals surface area (Å²) >= 11 is 0. The molecule has 2 N–H and O–H groups in total. The van der Waals surface area contributed by atoms with E-state index < -0.39 is 35.1 Å². The van der Waals surface area contributed by atoms with Crippen LogP contribution in [0.25, 0.3) is 32.8 Å². The summed E-state index contributed by atoms with van der Waals surface area (Å²) in [5, 5.41) is 16.1. The molecule has 0 bridgehead atoms. The van der Waals surface area contributed by atoms with Crippen molar-refractivity contribution < 1.29 is 23.5 Å². The van der Waals surface area contributed by atoms with Gasteiger partial charge in [0.1, 0.15) is 23.2 Å². The Bertz CT molecular complexity index is 1810. The van der Waals surface area contributed by atoms with E-state index in [1.807, 2.05) is 48.7 Å². The van der Waals surface area contributed by atoms with E-state index in [1.165, 1.54) is 24.8 Å². The molecule has 1 amide bonds. The minimum atomic E-state index is -1.41. The Kier molecular flexibility index (Phi) is 8.11. The van der Waals surface area contributed by atoms with Gasteiger partial charge in [0.15, 0.2) is 0 Å². The number of aliphatic carboxylic acids is 1. The molecule has 1 fully saturated rings. The molecule has 0 radical (unpaired) electrons. The lowest BCUT2D eigenvalue weighted by Gasteiger charge is -2.27. The highest BCUT2D eigenvalue weighted by Gasteiger charge is 2.26. The lowest BCUT2D eigenvalue weighted by atomic mass is 9.92. The summed E-state index contributed by atoms with van der Waals surface area (Å²) in [6.45, 7) is 3.04. The highest BCUT2D eigenvalue weighted by atomic mass is 19.1. The number of benzene rings is 4. The maximum Gasteiger partial charge on any atom is 0.326 e. The third-order valence-electron chi connectivity index (χ3n) is 8.21. The van der Waals surface area contributed by atoms with Gasteiger partial charge in [-0.15, -0.1) is 0 Å². The molecule has 0 aliphatic carbocycles. The van der Waals surface area contributed by atoms with Crippen molar-refractivity contribution in [2.75, 3.05) is 13.1 Å². The van der Waals surface area contributed by atoms with Crippen molar-refractivity contribution in [1.29, 1.82) is 0 Å². The van der Waals surface area contributed by atoms with Gasteiger partial charge in [0.2, 0.25) is 0 Å². The highest BCUT2D eigenvalue weighted by Crippen LogP contribution is 2.35. The predicted molar refractivity (Wildman–Crippen MR) is 163 cm³/mol. The average molecular weight is 580 g/mol. The number of halogens is 2. The van der Waals surface area contributed by atoms with Crippen LogP contribution in [-0.2, 0) is 17.8 Å². The van der Waals surface area contributed by atoms with Gasteiger partial charge in [0.05, 0.1) is 5.69 Å². The van der Waals surface area contributed by atoms with E-state index in [0.717, 1.165) is 70.6 Å². The Morgan fingerprint density at radius 3 is 2.16 bits per heavy atom. The number of amides is 1. The summed E-state index contributed by atoms with van der Waals surface area (Å²) < 4.78 is 28.4. The lowest BCUT2D eigenvalue weighted by Crippen LogP contribution is -2.43. The molecule has 0 unspecified atom stereocenters. The maximum absolute atomic E-state index is 14.2. The van der Waals surface area contributed by atoms with Gasteiger partial charge in [-0.05, 0) is 65.3 Å². The molecule has 8 heteroatoms. The molecule has 6 nitrogen and oxygen atoms in total. The molecule has 0 saturated carbocycles. The summed E-state index contributed by atoms with van der Waals surface area (Å²) in [7, 11) is 0. The van der Waals surface area contributed by atoms with Gasteiger partial charge in [0.25, 0.3) is 5.91 Å². The molecular formula is C35H31F2N3O3. The number of carbonyl (C=O) groups excluding carboxylic acids is 1. The minimum Gasteiger partial charge on any atom is -0.480 e. The van der Waals surface area contributed by atoms with Gasteiger partial charge in [-0.25, -0.2) is 13.6 Å². The van der Waals surface area contributed by atoms with Crippen LogP contribution in [0.2, 0.25) is 0 Å². The second-order valence-corrected chi connectivity index (χ2v) is 11.0. The average Bonchev–Trinajstić information content (AvgIpc) is 3.01. The third-order valence-corrected chi connectivity index (χ3v) is 8.21. The lowest BCUT2D eigenvalue weighted by molar-refractivity contribution is -0.139. The maximum atomic E-state index is 14.2. The molecule has 43 heavy (non-hydrogen) atoms. The molecule has 6 rings (SSSR count). The molecule has 0 spiro atoms. The summed E-state index contributed by atoms with van der Waals surface area (Å²) in [6, 6.07) is 21.3. The van der Waals surface area contributed by atoms with Crippen molar-refractivity contribution in [3.63, 3.8) is 0 Å². The monoisotopic (exact) mass is 579 g/mol. The predicted octanol–water partition coefficient (Wildman–Crippen LogP) is 6.74. The molecule has 5 aromatic rings. The molecule has 218 valence electrons. The van der Waals surface area contributed by atoms with E-state index >= 15 is 0 Å². The Balaban J connectivity index is 1.35. The van der Waals surface area contributed by atoms with Gasteiger partial charge in [0, 0.05) is 30.1 Å². The number of rotatable bonds is 8. The van der Waals surface area contributed by atoms with E-state index in [4.69, 9.17) is 4.98 Å². The van der Waals surface area contributed by atoms with Crippen molar-refractivity contribution >= 4 is 33.4 Å². The summed E-state index contributed by atoms with van der Waals surface area (Å²) in [4.78, 5) is 32.3. The zero-order valence-electron chi connectivity index (χ0n) is 23.5. The number of aromatic nitrogens is 1. The number of carboxylic acid groups (broad SMARTS) is 1. The van der Waals surface area contributed by atoms with Gasteiger partial charge in [-0.2, -0.15) is 0 Å². The Morgan fingerprint density at radius 1 is 0.791 bits per heavy atom. The zero-order chi connectivity index (χ0) is 29.9. The number of carboxylic acids is 1. The Labute approximate surface area is 248 Å². The van der Waals surface area contributed by atoms with Gasteiger partial charge in [-0.3, -0.25) is 14.7 Å². The first-order valence-electron chi connectivity index (χ1n) is 14.5. The third kappa shape index (κ3) is 5.83. The fourth-order valence-corrected chi connectivity index (χ4v) is 6.07. The normalized spacial score (nSPS) is 14.6. The first-order valence-corrected chi connectivity index (χ1v) is 14.5. The number of piperidine rings is 1. The summed E-state index contributed by atoms with van der Waals surface area (Å²) in [5.41, 5.74) is 2.79. The summed E-state index contributed by atoms with van der Waals surface area (Å²) in [6.07, 6.45) is 5.59. The Morgan fingerprint density at radius 2 is 1.42 bits per heavy atom. The number of hydrogen-bond donors (Lipinski definition) is 2. The number of nitrogens with one attached hydrogen (secondary N) is 1. The molecule has 1 aliphatic heterocycles. The van der Waals surface area contributed by atoms with Crippen molar-refractivity contribution in [3.05, 3.63) is 113 Å². The first-order chi connectivity index (χ1) is 20.9. The molecule has 2 heterocycles. The largest absolute Gasteiger partial charge is 0.480 e. The van der Waals surface area contributed by atoms with Gasteiger partial charge in [-0.1, -0.05) is 73.2 Å². The topological polar surface area (TPSA) is 82.5 Å². The van der Waals surface area contributed by atoms with Crippen LogP contribution in [0.15, 0.2) is 85.1 Å². The number of fused-ring (bicyclic) bond motifs is 2. The van der Waals surface area contributed by atoms with Crippen LogP contribution in [-0.4, -0.2) is 46.0 Å². The molecule has 4 aromatic carbocycles. The van der Waals surface area contributed by atoms with Crippen LogP contribution in [0, 0.1) is 11.6 Å². The molecule has 1 aliphatic rings. The SMILES string of the molecule is O=C(N[C@@H](Cc1cccc2c(-c3ncc(CN4CCCCC4)c4ccccc34)cccc12)C(=O)O)c1c(F)cccc1F. The Hall–Kier alpha value is -4.69. The van der Waals surface area contributed by atoms with E-state index in [9.17, 15) is 23.5 Å². The number of hydrogen-bond acceptors (Lipinski definition) is 4. The van der Waals surface area contributed by atoms with Crippen LogP contribution in [0.4, 0.5) is 8.78 Å². The van der Waals surface area contributed by atoms with Crippen molar-refractivity contribution in [3.8, 4) is 11.3 Å². The van der Waals surface area contributed by atoms with Crippen molar-refractivity contribution in [2.45, 2.75) is 38.3 Å². The van der Waals surface area contributed by atoms with Crippen LogP contribution >= 0.6 is 0 Å². The van der Waals surface area contributed by atoms with Crippen LogP contribution in [0.3, 0.4) is 0 Å². The molecule has 1 saturated heterocycles. The second-order valence-electron chi connectivity index (χ2n) is 11.0. The first kappa shape index (κ1) is 28.4. The number of pyridine rings is 1. The fraction of sp³-hybridized carbons (Fsp3) is 0.229. The minimum absolute atomic E-state index is 0.0825. The number of nitrogens with zero attached hydrogens (tertiary/aromatic N) is 2. The smallest absolute Gasteiger partial charge is 0.326 e. The van der Waals surface area contributed by atoms with Gasteiger partial charge < -0.3 is 10.4 Å². The number of likely N-dealkylation sites (tertiary alicyclic amines) is 1. The standard InChI is InChI=1S/C35H31F2N3O3/c36-29-15-8-16-30(37)32(29)34(41)39-31(35(42)43)19-22-9-6-13-26-24(22)12-7-14-28(26)33-27-11-3-2-10-25(27)23(20-38-33)21-40-17-4-1-5-18-40/h2-3,6-16,20,31H,1,4-5,17-19,21H2,(H,39,41)(H,42,43)/t31-/m0/s1. The molecular weight excluding hydrogens is 548 g/mol. The van der Waals surface area contributed by atoms with Crippen molar-refractivity contribution in [2.24, 2.45) is 0 Å². The van der Waals surface area contributed by atoms with Crippen LogP contribution < -0.4 is 5.32 Å². The van der Waals surface area contributed by atoms with Gasteiger partial charge >= 0.3 is 5.97 Å². The second kappa shape index (κ2) is 12.3. The number of carbonyl (C=O) groups is 2. The molecule has 1 atom stereocenters. The van der Waals surface area contributed by atoms with E-state index in [-0.39, 0.29) is 6.42 Å². The van der Waals surface area contributed by atoms with Crippen LogP contribution in [0.1, 0.15) is 40.7 Å². The fourth-order valence-electron chi connectivity index (χ4n) is 6.07. The van der Waals surface area contributed by atoms with Crippen LogP contribution in [0.5, 0.6) is 0 Å². The quantitative estimate of drug-likeness (QED) is 0.213. The van der Waals surface area contributed by atoms with Crippen molar-refractivity contribution in [1.82, 2.24) is 15.2 Å². The highest BCUT2D eigenvalue weighted by molar-refractivity contribution is 6.05. The van der Waals surface area contributed by atoms with E-state index in [0.29, 0.717) is 5.56 Å². The van der Waals surface area contributed by atoms with E-state index in [1.54, 1.807) is 6.07 Å².